The Balaban J connectivity index is 1.53. The third-order valence-corrected chi connectivity index (χ3v) is 3.83. The van der Waals surface area contributed by atoms with Crippen molar-refractivity contribution < 1.29 is 9.15 Å². The van der Waals surface area contributed by atoms with Crippen LogP contribution in [0.25, 0.3) is 0 Å². The molecule has 19 heavy (non-hydrogen) atoms. The largest absolute Gasteiger partial charge is 0.489 e. The first-order valence-electron chi connectivity index (χ1n) is 6.46. The monoisotopic (exact) mass is 321 g/mol. The van der Waals surface area contributed by atoms with Crippen LogP contribution in [0, 0.1) is 0 Å². The van der Waals surface area contributed by atoms with E-state index in [-0.39, 0.29) is 6.10 Å². The predicted octanol–water partition coefficient (Wildman–Crippen LogP) is 3.70. The topological polar surface area (TPSA) is 25.6 Å². The molecular weight excluding hydrogens is 306 g/mol. The van der Waals surface area contributed by atoms with Crippen molar-refractivity contribution in [3.05, 3.63) is 52.9 Å². The molecule has 0 amide bonds. The van der Waals surface area contributed by atoms with E-state index >= 15 is 0 Å². The van der Waals surface area contributed by atoms with Crippen molar-refractivity contribution in [2.45, 2.75) is 19.1 Å². The van der Waals surface area contributed by atoms with E-state index in [9.17, 15) is 0 Å². The summed E-state index contributed by atoms with van der Waals surface area (Å²) in [6, 6.07) is 12.0. The molecular formula is C15H16BrNO2. The molecule has 4 heteroatoms. The first-order chi connectivity index (χ1) is 9.29. The van der Waals surface area contributed by atoms with Gasteiger partial charge in [0.05, 0.1) is 12.8 Å². The third kappa shape index (κ3) is 3.39. The van der Waals surface area contributed by atoms with Gasteiger partial charge in [-0.15, -0.1) is 0 Å². The number of nitrogens with zero attached hydrogens (tertiary/aromatic N) is 1. The Hall–Kier alpha value is -1.26. The Morgan fingerprint density at radius 2 is 2.11 bits per heavy atom. The second-order valence-corrected chi connectivity index (χ2v) is 5.71. The number of likely N-dealkylation sites (tertiary alicyclic amines) is 1. The number of hydrogen-bond acceptors (Lipinski definition) is 3. The second-order valence-electron chi connectivity index (χ2n) is 4.80. The molecule has 1 atom stereocenters. The average Bonchev–Trinajstić information content (AvgIpc) is 3.05. The van der Waals surface area contributed by atoms with E-state index in [1.165, 1.54) is 0 Å². The second kappa shape index (κ2) is 5.80. The minimum Gasteiger partial charge on any atom is -0.489 e. The zero-order chi connectivity index (χ0) is 13.1. The lowest BCUT2D eigenvalue weighted by Crippen LogP contribution is -2.24. The Bertz CT molecular complexity index is 509. The maximum Gasteiger partial charge on any atom is 0.119 e. The normalized spacial score (nSPS) is 19.7. The lowest BCUT2D eigenvalue weighted by molar-refractivity contribution is 0.194. The van der Waals surface area contributed by atoms with Gasteiger partial charge in [0.15, 0.2) is 0 Å². The van der Waals surface area contributed by atoms with Crippen LogP contribution >= 0.6 is 15.9 Å². The lowest BCUT2D eigenvalue weighted by Gasteiger charge is -2.15. The van der Waals surface area contributed by atoms with Gasteiger partial charge in [0.1, 0.15) is 17.6 Å². The molecule has 2 heterocycles. The standard InChI is InChI=1S/C15H16BrNO2/c16-12-3-5-13(6-4-12)19-15-7-8-17(11-15)10-14-2-1-9-18-14/h1-6,9,15H,7-8,10-11H2. The van der Waals surface area contributed by atoms with Gasteiger partial charge in [0.2, 0.25) is 0 Å². The molecule has 1 fully saturated rings. The Kier molecular flexibility index (Phi) is 3.89. The van der Waals surface area contributed by atoms with Crippen LogP contribution in [0.5, 0.6) is 5.75 Å². The van der Waals surface area contributed by atoms with Gasteiger partial charge in [-0.3, -0.25) is 4.90 Å². The summed E-state index contributed by atoms with van der Waals surface area (Å²) in [5.41, 5.74) is 0. The van der Waals surface area contributed by atoms with E-state index in [1.807, 2.05) is 36.4 Å². The van der Waals surface area contributed by atoms with Gasteiger partial charge >= 0.3 is 0 Å². The third-order valence-electron chi connectivity index (χ3n) is 3.31. The Morgan fingerprint density at radius 1 is 1.26 bits per heavy atom. The molecule has 0 radical (unpaired) electrons. The molecule has 2 aromatic rings. The molecule has 3 rings (SSSR count). The fourth-order valence-electron chi connectivity index (χ4n) is 2.37. The average molecular weight is 322 g/mol. The summed E-state index contributed by atoms with van der Waals surface area (Å²) in [5, 5.41) is 0. The van der Waals surface area contributed by atoms with Crippen molar-refractivity contribution in [2.24, 2.45) is 0 Å². The molecule has 1 aliphatic heterocycles. The quantitative estimate of drug-likeness (QED) is 0.858. The summed E-state index contributed by atoms with van der Waals surface area (Å²) < 4.78 is 12.4. The highest BCUT2D eigenvalue weighted by molar-refractivity contribution is 9.10. The molecule has 0 spiro atoms. The van der Waals surface area contributed by atoms with Crippen LogP contribution in [0.2, 0.25) is 0 Å². The number of halogens is 1. The van der Waals surface area contributed by atoms with Crippen LogP contribution in [0.1, 0.15) is 12.2 Å². The molecule has 0 aliphatic carbocycles. The maximum absolute atomic E-state index is 5.99. The summed E-state index contributed by atoms with van der Waals surface area (Å²) >= 11 is 3.43. The summed E-state index contributed by atoms with van der Waals surface area (Å²) in [4.78, 5) is 2.36. The van der Waals surface area contributed by atoms with Crippen molar-refractivity contribution in [1.82, 2.24) is 4.90 Å². The van der Waals surface area contributed by atoms with Crippen LogP contribution in [0.3, 0.4) is 0 Å². The molecule has 1 unspecified atom stereocenters. The van der Waals surface area contributed by atoms with Crippen LogP contribution in [-0.2, 0) is 6.54 Å². The van der Waals surface area contributed by atoms with Crippen molar-refractivity contribution in [1.29, 1.82) is 0 Å². The Labute approximate surface area is 121 Å². The van der Waals surface area contributed by atoms with Crippen molar-refractivity contribution in [3.63, 3.8) is 0 Å². The molecule has 1 saturated heterocycles. The van der Waals surface area contributed by atoms with Crippen molar-refractivity contribution >= 4 is 15.9 Å². The van der Waals surface area contributed by atoms with E-state index in [1.54, 1.807) is 6.26 Å². The number of ether oxygens (including phenoxy) is 1. The van der Waals surface area contributed by atoms with E-state index in [4.69, 9.17) is 9.15 Å². The first kappa shape index (κ1) is 12.8. The van der Waals surface area contributed by atoms with Crippen molar-refractivity contribution in [2.75, 3.05) is 13.1 Å². The molecule has 0 bridgehead atoms. The fraction of sp³-hybridized carbons (Fsp3) is 0.333. The van der Waals surface area contributed by atoms with E-state index in [2.05, 4.69) is 20.8 Å². The Morgan fingerprint density at radius 3 is 2.84 bits per heavy atom. The number of furan rings is 1. The minimum atomic E-state index is 0.274. The molecule has 0 saturated carbocycles. The molecule has 0 N–H and O–H groups in total. The van der Waals surface area contributed by atoms with Crippen molar-refractivity contribution in [3.8, 4) is 5.75 Å². The summed E-state index contributed by atoms with van der Waals surface area (Å²) in [6.07, 6.45) is 3.06. The van der Waals surface area contributed by atoms with Gasteiger partial charge in [-0.1, -0.05) is 15.9 Å². The van der Waals surface area contributed by atoms with Gasteiger partial charge in [0.25, 0.3) is 0 Å². The highest BCUT2D eigenvalue weighted by Crippen LogP contribution is 2.21. The highest BCUT2D eigenvalue weighted by Gasteiger charge is 2.24. The molecule has 100 valence electrons. The van der Waals surface area contributed by atoms with Gasteiger partial charge in [-0.2, -0.15) is 0 Å². The first-order valence-corrected chi connectivity index (χ1v) is 7.26. The molecule has 3 nitrogen and oxygen atoms in total. The smallest absolute Gasteiger partial charge is 0.119 e. The summed E-state index contributed by atoms with van der Waals surface area (Å²) in [6.45, 7) is 2.88. The number of hydrogen-bond donors (Lipinski definition) is 0. The SMILES string of the molecule is Brc1ccc(OC2CCN(Cc3ccco3)C2)cc1. The van der Waals surface area contributed by atoms with E-state index < -0.39 is 0 Å². The fourth-order valence-corrected chi connectivity index (χ4v) is 2.63. The number of benzene rings is 1. The number of rotatable bonds is 4. The maximum atomic E-state index is 5.99. The zero-order valence-electron chi connectivity index (χ0n) is 10.6. The summed E-state index contributed by atoms with van der Waals surface area (Å²) in [7, 11) is 0. The minimum absolute atomic E-state index is 0.274. The highest BCUT2D eigenvalue weighted by atomic mass is 79.9. The lowest BCUT2D eigenvalue weighted by atomic mass is 10.3. The molecule has 1 aromatic heterocycles. The van der Waals surface area contributed by atoms with Gasteiger partial charge in [0, 0.05) is 17.6 Å². The molecule has 1 aromatic carbocycles. The van der Waals surface area contributed by atoms with E-state index in [0.29, 0.717) is 0 Å². The van der Waals surface area contributed by atoms with Gasteiger partial charge < -0.3 is 9.15 Å². The van der Waals surface area contributed by atoms with Gasteiger partial charge in [-0.05, 0) is 42.8 Å². The van der Waals surface area contributed by atoms with Crippen LogP contribution < -0.4 is 4.74 Å². The predicted molar refractivity (Wildman–Crippen MR) is 77.2 cm³/mol. The van der Waals surface area contributed by atoms with Crippen LogP contribution in [0.4, 0.5) is 0 Å². The molecule has 1 aliphatic rings. The van der Waals surface area contributed by atoms with Crippen LogP contribution in [0.15, 0.2) is 51.6 Å². The van der Waals surface area contributed by atoms with Gasteiger partial charge in [-0.25, -0.2) is 0 Å². The van der Waals surface area contributed by atoms with Crippen LogP contribution in [-0.4, -0.2) is 24.1 Å². The zero-order valence-corrected chi connectivity index (χ0v) is 12.2. The summed E-state index contributed by atoms with van der Waals surface area (Å²) in [5.74, 6) is 1.96. The van der Waals surface area contributed by atoms with E-state index in [0.717, 1.165) is 42.0 Å².